The van der Waals surface area contributed by atoms with Crippen LogP contribution in [0.3, 0.4) is 0 Å². The number of nitrogens with one attached hydrogen (secondary N) is 2. The van der Waals surface area contributed by atoms with E-state index in [9.17, 15) is 14.0 Å². The van der Waals surface area contributed by atoms with E-state index in [4.69, 9.17) is 5.73 Å². The summed E-state index contributed by atoms with van der Waals surface area (Å²) in [7, 11) is 0. The summed E-state index contributed by atoms with van der Waals surface area (Å²) in [6.45, 7) is 7.32. The smallest absolute Gasteiger partial charge is 0.259 e. The normalized spacial score (nSPS) is 18.2. The van der Waals surface area contributed by atoms with Crippen molar-refractivity contribution in [2.24, 2.45) is 5.73 Å². The van der Waals surface area contributed by atoms with Crippen molar-refractivity contribution in [1.29, 1.82) is 0 Å². The summed E-state index contributed by atoms with van der Waals surface area (Å²) in [5.41, 5.74) is 7.37. The number of piperazine rings is 1. The minimum Gasteiger partial charge on any atom is -0.366 e. The van der Waals surface area contributed by atoms with E-state index in [1.165, 1.54) is 22.9 Å². The van der Waals surface area contributed by atoms with Crippen LogP contribution in [0.5, 0.6) is 0 Å². The number of rotatable bonds is 4. The summed E-state index contributed by atoms with van der Waals surface area (Å²) in [5.74, 6) is -1.07. The molecule has 4 N–H and O–H groups in total. The zero-order valence-electron chi connectivity index (χ0n) is 19.5. The topological polar surface area (TPSA) is 131 Å². The molecule has 10 nitrogen and oxygen atoms in total. The van der Waals surface area contributed by atoms with Crippen molar-refractivity contribution in [1.82, 2.24) is 24.7 Å². The SMILES string of the molecule is Cc1cn2cc(NC(=O)c3cnc(N4C[C@@H](C)N[C@@H](C)C4)c4cc(C(N)=O)cnc34)cc(F)c2n1. The van der Waals surface area contributed by atoms with Crippen LogP contribution in [-0.4, -0.2) is 56.3 Å². The minimum absolute atomic E-state index is 0.178. The number of aromatic nitrogens is 4. The Balaban J connectivity index is 1.56. The first-order valence-electron chi connectivity index (χ1n) is 11.3. The molecule has 0 aliphatic carbocycles. The predicted molar refractivity (Wildman–Crippen MR) is 130 cm³/mol. The number of anilines is 2. The summed E-state index contributed by atoms with van der Waals surface area (Å²) in [6.07, 6.45) is 6.05. The second-order valence-electron chi connectivity index (χ2n) is 9.00. The molecule has 1 aliphatic heterocycles. The lowest BCUT2D eigenvalue weighted by Gasteiger charge is -2.37. The molecular formula is C24H25FN8O2. The standard InChI is InChI=1S/C24H25FN8O2/c1-12-8-32(9-13(2)29-12)22-17-4-15(21(26)34)6-27-20(17)18(7-28-22)24(35)31-16-5-19(25)23-30-14(3)10-33(23)11-16/h4-7,10-13,29H,8-9H2,1-3H3,(H2,26,34)(H,31,35)/t12-,13+. The molecule has 4 aromatic rings. The van der Waals surface area contributed by atoms with Gasteiger partial charge in [0.2, 0.25) is 5.91 Å². The van der Waals surface area contributed by atoms with Gasteiger partial charge in [0.1, 0.15) is 5.82 Å². The lowest BCUT2D eigenvalue weighted by atomic mass is 10.1. The average Bonchev–Trinajstić information content (AvgIpc) is 3.18. The molecule has 0 saturated carbocycles. The fourth-order valence-electron chi connectivity index (χ4n) is 4.61. The second kappa shape index (κ2) is 8.58. The zero-order chi connectivity index (χ0) is 24.9. The Bertz CT molecular complexity index is 1470. The average molecular weight is 477 g/mol. The number of halogens is 1. The van der Waals surface area contributed by atoms with E-state index in [1.807, 2.05) is 0 Å². The third-order valence-corrected chi connectivity index (χ3v) is 5.97. The first kappa shape index (κ1) is 22.7. The molecule has 1 aliphatic rings. The van der Waals surface area contributed by atoms with E-state index in [0.29, 0.717) is 35.5 Å². The van der Waals surface area contributed by atoms with Crippen LogP contribution >= 0.6 is 0 Å². The Labute approximate surface area is 200 Å². The number of fused-ring (bicyclic) bond motifs is 2. The van der Waals surface area contributed by atoms with Crippen LogP contribution in [0, 0.1) is 12.7 Å². The largest absolute Gasteiger partial charge is 0.366 e. The van der Waals surface area contributed by atoms with Crippen LogP contribution < -0.4 is 21.3 Å². The highest BCUT2D eigenvalue weighted by molar-refractivity contribution is 6.13. The first-order chi connectivity index (χ1) is 16.7. The molecule has 35 heavy (non-hydrogen) atoms. The van der Waals surface area contributed by atoms with Crippen LogP contribution in [0.15, 0.2) is 36.9 Å². The number of nitrogens with two attached hydrogens (primary N) is 1. The lowest BCUT2D eigenvalue weighted by Crippen LogP contribution is -2.54. The maximum atomic E-state index is 14.5. The summed E-state index contributed by atoms with van der Waals surface area (Å²) < 4.78 is 16.0. The van der Waals surface area contributed by atoms with Crippen LogP contribution in [0.25, 0.3) is 16.6 Å². The number of hydrogen-bond acceptors (Lipinski definition) is 7. The fraction of sp³-hybridized carbons (Fsp3) is 0.292. The van der Waals surface area contributed by atoms with Crippen LogP contribution in [0.4, 0.5) is 15.9 Å². The highest BCUT2D eigenvalue weighted by Crippen LogP contribution is 2.29. The van der Waals surface area contributed by atoms with E-state index in [1.54, 1.807) is 25.4 Å². The van der Waals surface area contributed by atoms with Gasteiger partial charge in [-0.25, -0.2) is 14.4 Å². The van der Waals surface area contributed by atoms with Crippen molar-refractivity contribution in [2.45, 2.75) is 32.9 Å². The van der Waals surface area contributed by atoms with Crippen molar-refractivity contribution >= 4 is 39.9 Å². The van der Waals surface area contributed by atoms with Crippen molar-refractivity contribution in [2.75, 3.05) is 23.3 Å². The van der Waals surface area contributed by atoms with Crippen LogP contribution in [-0.2, 0) is 0 Å². The number of amides is 2. The Morgan fingerprint density at radius 2 is 1.89 bits per heavy atom. The molecule has 5 rings (SSSR count). The number of nitrogens with zero attached hydrogens (tertiary/aromatic N) is 5. The van der Waals surface area contributed by atoms with Gasteiger partial charge in [0.15, 0.2) is 11.5 Å². The summed E-state index contributed by atoms with van der Waals surface area (Å²) in [4.78, 5) is 40.3. The molecule has 0 bridgehead atoms. The van der Waals surface area contributed by atoms with Gasteiger partial charge in [0.25, 0.3) is 5.91 Å². The number of primary amides is 1. The Morgan fingerprint density at radius 1 is 1.14 bits per heavy atom. The molecule has 0 aromatic carbocycles. The van der Waals surface area contributed by atoms with Gasteiger partial charge in [0, 0.05) is 61.4 Å². The highest BCUT2D eigenvalue weighted by Gasteiger charge is 2.26. The summed E-state index contributed by atoms with van der Waals surface area (Å²) in [6, 6.07) is 3.28. The van der Waals surface area contributed by atoms with Crippen molar-refractivity contribution in [3.05, 3.63) is 59.6 Å². The second-order valence-corrected chi connectivity index (χ2v) is 9.00. The molecule has 2 amide bonds. The van der Waals surface area contributed by atoms with Crippen molar-refractivity contribution < 1.29 is 14.0 Å². The Morgan fingerprint density at radius 3 is 2.60 bits per heavy atom. The van der Waals surface area contributed by atoms with Gasteiger partial charge in [0.05, 0.1) is 28.0 Å². The lowest BCUT2D eigenvalue weighted by molar-refractivity contribution is 0.0998. The molecule has 4 aromatic heterocycles. The molecule has 1 fully saturated rings. The molecule has 11 heteroatoms. The van der Waals surface area contributed by atoms with Crippen molar-refractivity contribution in [3.8, 4) is 0 Å². The molecule has 0 radical (unpaired) electrons. The van der Waals surface area contributed by atoms with Crippen LogP contribution in [0.1, 0.15) is 40.3 Å². The predicted octanol–water partition coefficient (Wildman–Crippen LogP) is 2.26. The summed E-state index contributed by atoms with van der Waals surface area (Å²) >= 11 is 0. The van der Waals surface area contributed by atoms with Gasteiger partial charge in [-0.15, -0.1) is 0 Å². The van der Waals surface area contributed by atoms with Gasteiger partial charge in [-0.1, -0.05) is 0 Å². The molecule has 0 unspecified atom stereocenters. The van der Waals surface area contributed by atoms with E-state index in [2.05, 4.69) is 44.3 Å². The third-order valence-electron chi connectivity index (χ3n) is 5.97. The quantitative estimate of drug-likeness (QED) is 0.412. The maximum absolute atomic E-state index is 14.5. The van der Waals surface area contributed by atoms with Crippen LogP contribution in [0.2, 0.25) is 0 Å². The Hall–Kier alpha value is -4.12. The molecule has 2 atom stereocenters. The minimum atomic E-state index is -0.623. The highest BCUT2D eigenvalue weighted by atomic mass is 19.1. The van der Waals surface area contributed by atoms with Gasteiger partial charge in [-0.3, -0.25) is 14.6 Å². The maximum Gasteiger partial charge on any atom is 0.259 e. The van der Waals surface area contributed by atoms with E-state index in [-0.39, 0.29) is 34.5 Å². The molecular weight excluding hydrogens is 451 g/mol. The number of carbonyl (C=O) groups excluding carboxylic acids is 2. The van der Waals surface area contributed by atoms with E-state index < -0.39 is 17.6 Å². The zero-order valence-corrected chi connectivity index (χ0v) is 19.5. The number of aryl methyl sites for hydroxylation is 1. The molecule has 180 valence electrons. The third kappa shape index (κ3) is 4.26. The van der Waals surface area contributed by atoms with Crippen molar-refractivity contribution in [3.63, 3.8) is 0 Å². The van der Waals surface area contributed by atoms with E-state index >= 15 is 0 Å². The number of carbonyl (C=O) groups is 2. The molecule has 0 spiro atoms. The van der Waals surface area contributed by atoms with Gasteiger partial charge >= 0.3 is 0 Å². The number of hydrogen-bond donors (Lipinski definition) is 3. The van der Waals surface area contributed by atoms with Gasteiger partial charge in [-0.2, -0.15) is 0 Å². The summed E-state index contributed by atoms with van der Waals surface area (Å²) in [5, 5.41) is 6.74. The fourth-order valence-corrected chi connectivity index (χ4v) is 4.61. The number of pyridine rings is 3. The molecule has 5 heterocycles. The molecule has 1 saturated heterocycles. The first-order valence-corrected chi connectivity index (χ1v) is 11.3. The monoisotopic (exact) mass is 476 g/mol. The van der Waals surface area contributed by atoms with Gasteiger partial charge < -0.3 is 25.7 Å². The van der Waals surface area contributed by atoms with Gasteiger partial charge in [-0.05, 0) is 26.8 Å². The Kier molecular flexibility index (Phi) is 5.56. The number of imidazole rings is 1. The van der Waals surface area contributed by atoms with E-state index in [0.717, 1.165) is 0 Å².